The van der Waals surface area contributed by atoms with Crippen molar-refractivity contribution in [3.8, 4) is 0 Å². The quantitative estimate of drug-likeness (QED) is 0.508. The van der Waals surface area contributed by atoms with Gasteiger partial charge in [-0.15, -0.1) is 0 Å². The lowest BCUT2D eigenvalue weighted by Crippen LogP contribution is -2.46. The predicted molar refractivity (Wildman–Crippen MR) is 106 cm³/mol. The molecule has 1 saturated heterocycles. The molecule has 2 atom stereocenters. The number of Topliss-reactive ketones (excluding diaryl/α,β-unsaturated/α-hetero) is 1. The number of rotatable bonds is 7. The third-order valence-electron chi connectivity index (χ3n) is 5.42. The molecule has 142 valence electrons. The molecule has 0 amide bonds. The highest BCUT2D eigenvalue weighted by molar-refractivity contribution is 6.01. The van der Waals surface area contributed by atoms with Crippen LogP contribution in [-0.4, -0.2) is 11.8 Å². The van der Waals surface area contributed by atoms with Crippen LogP contribution in [0.3, 0.4) is 0 Å². The van der Waals surface area contributed by atoms with Crippen LogP contribution in [0.5, 0.6) is 0 Å². The zero-order chi connectivity index (χ0) is 19.3. The van der Waals surface area contributed by atoms with Crippen molar-refractivity contribution in [3.05, 3.63) is 71.8 Å². The minimum absolute atomic E-state index is 0.00907. The summed E-state index contributed by atoms with van der Waals surface area (Å²) in [5.74, 6) is -0.527. The predicted octanol–water partition coefficient (Wildman–Crippen LogP) is 5.08. The second-order valence-electron chi connectivity index (χ2n) is 7.93. The molecule has 2 aromatic carbocycles. The van der Waals surface area contributed by atoms with Crippen molar-refractivity contribution < 1.29 is 14.3 Å². The van der Waals surface area contributed by atoms with E-state index in [0.717, 1.165) is 17.5 Å². The van der Waals surface area contributed by atoms with Crippen molar-refractivity contribution in [2.45, 2.75) is 51.6 Å². The Kier molecular flexibility index (Phi) is 6.10. The second-order valence-corrected chi connectivity index (χ2v) is 7.93. The zero-order valence-corrected chi connectivity index (χ0v) is 16.2. The first-order chi connectivity index (χ1) is 13.0. The summed E-state index contributed by atoms with van der Waals surface area (Å²) in [4.78, 5) is 25.8. The van der Waals surface area contributed by atoms with Gasteiger partial charge in [0.1, 0.15) is 11.5 Å². The van der Waals surface area contributed by atoms with Crippen molar-refractivity contribution in [1.82, 2.24) is 0 Å². The monoisotopic (exact) mass is 364 g/mol. The van der Waals surface area contributed by atoms with Gasteiger partial charge in [0.15, 0.2) is 5.78 Å². The Morgan fingerprint density at radius 1 is 1.00 bits per heavy atom. The van der Waals surface area contributed by atoms with E-state index >= 15 is 0 Å². The third-order valence-corrected chi connectivity index (χ3v) is 5.42. The normalized spacial score (nSPS) is 22.7. The van der Waals surface area contributed by atoms with E-state index in [1.54, 1.807) is 0 Å². The average molecular weight is 364 g/mol. The lowest BCUT2D eigenvalue weighted by molar-refractivity contribution is -0.180. The first-order valence-electron chi connectivity index (χ1n) is 9.85. The highest BCUT2D eigenvalue weighted by Crippen LogP contribution is 2.41. The largest absolute Gasteiger partial charge is 0.453 e. The van der Waals surface area contributed by atoms with Crippen LogP contribution in [0.4, 0.5) is 0 Å². The fourth-order valence-corrected chi connectivity index (χ4v) is 3.78. The number of ketones is 1. The second kappa shape index (κ2) is 8.51. The minimum Gasteiger partial charge on any atom is -0.453 e. The molecule has 27 heavy (non-hydrogen) atoms. The molecule has 0 N–H and O–H groups in total. The topological polar surface area (TPSA) is 43.4 Å². The van der Waals surface area contributed by atoms with Crippen LogP contribution in [0.15, 0.2) is 60.7 Å². The van der Waals surface area contributed by atoms with Gasteiger partial charge in [-0.25, -0.2) is 0 Å². The Hall–Kier alpha value is -2.42. The number of ether oxygens (including phenoxy) is 1. The Morgan fingerprint density at radius 3 is 2.22 bits per heavy atom. The number of esters is 1. The first kappa shape index (κ1) is 19.3. The molecule has 3 heteroatoms. The summed E-state index contributed by atoms with van der Waals surface area (Å²) in [5.41, 5.74) is 1.25. The standard InChI is InChI=1S/C24H28O3/c1-18(2)15-16-24(20-11-7-4-8-12-20)17-22(25)21(23(26)27-24)14-13-19-9-5-3-6-10-19/h3-12,18,21H,13-17H2,1-2H3. The van der Waals surface area contributed by atoms with Crippen LogP contribution in [0.2, 0.25) is 0 Å². The molecule has 3 rings (SSSR count). The van der Waals surface area contributed by atoms with Crippen molar-refractivity contribution in [1.29, 1.82) is 0 Å². The van der Waals surface area contributed by atoms with Crippen molar-refractivity contribution in [2.24, 2.45) is 11.8 Å². The van der Waals surface area contributed by atoms with Crippen LogP contribution in [0, 0.1) is 11.8 Å². The Morgan fingerprint density at radius 2 is 1.63 bits per heavy atom. The number of benzene rings is 2. The van der Waals surface area contributed by atoms with Crippen LogP contribution >= 0.6 is 0 Å². The fourth-order valence-electron chi connectivity index (χ4n) is 3.78. The summed E-state index contributed by atoms with van der Waals surface area (Å²) in [5, 5.41) is 0. The van der Waals surface area contributed by atoms with Gasteiger partial charge in [0.25, 0.3) is 0 Å². The van der Waals surface area contributed by atoms with Crippen molar-refractivity contribution in [2.75, 3.05) is 0 Å². The summed E-state index contributed by atoms with van der Waals surface area (Å²) in [6, 6.07) is 19.7. The van der Waals surface area contributed by atoms with E-state index in [1.165, 1.54) is 0 Å². The number of hydrogen-bond acceptors (Lipinski definition) is 3. The summed E-state index contributed by atoms with van der Waals surface area (Å²) >= 11 is 0. The third kappa shape index (κ3) is 4.65. The van der Waals surface area contributed by atoms with E-state index in [9.17, 15) is 9.59 Å². The van der Waals surface area contributed by atoms with E-state index < -0.39 is 11.5 Å². The lowest BCUT2D eigenvalue weighted by Gasteiger charge is -2.39. The molecular formula is C24H28O3. The minimum atomic E-state index is -0.817. The van der Waals surface area contributed by atoms with Gasteiger partial charge in [-0.05, 0) is 42.7 Å². The molecule has 0 aromatic heterocycles. The molecule has 3 nitrogen and oxygen atoms in total. The smallest absolute Gasteiger partial charge is 0.317 e. The number of carbonyl (C=O) groups is 2. The van der Waals surface area contributed by atoms with Gasteiger partial charge in [-0.2, -0.15) is 0 Å². The summed E-state index contributed by atoms with van der Waals surface area (Å²) in [6.07, 6.45) is 3.07. The molecule has 0 saturated carbocycles. The van der Waals surface area contributed by atoms with E-state index in [0.29, 0.717) is 25.2 Å². The fraction of sp³-hybridized carbons (Fsp3) is 0.417. The molecule has 2 unspecified atom stereocenters. The maximum absolute atomic E-state index is 13.0. The number of cyclic esters (lactones) is 1. The maximum Gasteiger partial charge on any atom is 0.317 e. The highest BCUT2D eigenvalue weighted by atomic mass is 16.6. The van der Waals surface area contributed by atoms with E-state index in [4.69, 9.17) is 4.74 Å². The molecule has 2 aromatic rings. The Bertz CT molecular complexity index is 747. The Labute approximate surface area is 161 Å². The van der Waals surface area contributed by atoms with E-state index in [2.05, 4.69) is 13.8 Å². The molecule has 0 radical (unpaired) electrons. The molecule has 0 bridgehead atoms. The average Bonchev–Trinajstić information content (AvgIpc) is 2.67. The molecule has 0 spiro atoms. The molecule has 1 aliphatic heterocycles. The molecule has 1 heterocycles. The molecule has 1 fully saturated rings. The summed E-state index contributed by atoms with van der Waals surface area (Å²) in [7, 11) is 0. The molecule has 1 aliphatic rings. The van der Waals surface area contributed by atoms with E-state index in [1.807, 2.05) is 60.7 Å². The van der Waals surface area contributed by atoms with Crippen LogP contribution in [0.1, 0.15) is 50.7 Å². The van der Waals surface area contributed by atoms with Crippen LogP contribution < -0.4 is 0 Å². The van der Waals surface area contributed by atoms with Gasteiger partial charge in [0.2, 0.25) is 0 Å². The van der Waals surface area contributed by atoms with Gasteiger partial charge >= 0.3 is 5.97 Å². The highest BCUT2D eigenvalue weighted by Gasteiger charge is 2.47. The van der Waals surface area contributed by atoms with Gasteiger partial charge in [0, 0.05) is 0 Å². The van der Waals surface area contributed by atoms with Crippen molar-refractivity contribution >= 4 is 11.8 Å². The SMILES string of the molecule is CC(C)CCC1(c2ccccc2)CC(=O)C(CCc2ccccc2)C(=O)O1. The van der Waals surface area contributed by atoms with Crippen LogP contribution in [0.25, 0.3) is 0 Å². The number of carbonyl (C=O) groups excluding carboxylic acids is 2. The van der Waals surface area contributed by atoms with Crippen molar-refractivity contribution in [3.63, 3.8) is 0 Å². The van der Waals surface area contributed by atoms with E-state index in [-0.39, 0.29) is 18.2 Å². The molecular weight excluding hydrogens is 336 g/mol. The zero-order valence-electron chi connectivity index (χ0n) is 16.2. The number of hydrogen-bond donors (Lipinski definition) is 0. The van der Waals surface area contributed by atoms with Gasteiger partial charge in [-0.1, -0.05) is 74.5 Å². The van der Waals surface area contributed by atoms with Crippen LogP contribution in [-0.2, 0) is 26.3 Å². The summed E-state index contributed by atoms with van der Waals surface area (Å²) < 4.78 is 6.02. The Balaban J connectivity index is 1.77. The first-order valence-corrected chi connectivity index (χ1v) is 9.85. The maximum atomic E-state index is 13.0. The number of aryl methyl sites for hydroxylation is 1. The molecule has 0 aliphatic carbocycles. The van der Waals surface area contributed by atoms with Gasteiger partial charge in [0.05, 0.1) is 6.42 Å². The summed E-state index contributed by atoms with van der Waals surface area (Å²) in [6.45, 7) is 4.29. The van der Waals surface area contributed by atoms with Gasteiger partial charge in [-0.3, -0.25) is 9.59 Å². The lowest BCUT2D eigenvalue weighted by atomic mass is 9.77. The van der Waals surface area contributed by atoms with Gasteiger partial charge < -0.3 is 4.74 Å².